The molecule has 0 aromatic heterocycles. The average Bonchev–Trinajstić information content (AvgIpc) is 3.15. The van der Waals surface area contributed by atoms with Gasteiger partial charge in [0, 0.05) is 0 Å². The molecule has 2 atom stereocenters. The molecule has 4 heteroatoms. The summed E-state index contributed by atoms with van der Waals surface area (Å²) in [6.45, 7) is 17.8. The zero-order valence-corrected chi connectivity index (χ0v) is 28.3. The number of hydrogen-bond donors (Lipinski definition) is 0. The Balaban J connectivity index is 2.31. The molecule has 0 N–H and O–H groups in total. The first-order valence-electron chi connectivity index (χ1n) is 14.4. The first-order valence-corrected chi connectivity index (χ1v) is 25.6. The van der Waals surface area contributed by atoms with Crippen molar-refractivity contribution in [3.05, 3.63) is 51.6 Å². The van der Waals surface area contributed by atoms with Crippen LogP contribution in [-0.4, -0.2) is 38.3 Å². The summed E-state index contributed by atoms with van der Waals surface area (Å²) in [7, 11) is -1.50. The van der Waals surface area contributed by atoms with Crippen LogP contribution in [0.3, 0.4) is 0 Å². The first kappa shape index (κ1) is 31.4. The summed E-state index contributed by atoms with van der Waals surface area (Å²) in [4.78, 5) is 0. The zero-order valence-electron chi connectivity index (χ0n) is 24.5. The normalized spacial score (nSPS) is 20.2. The van der Waals surface area contributed by atoms with Gasteiger partial charge in [-0.3, -0.25) is 0 Å². The van der Waals surface area contributed by atoms with Crippen LogP contribution in [-0.2, 0) is 9.47 Å². The molecule has 0 amide bonds. The fourth-order valence-electron chi connectivity index (χ4n) is 4.93. The number of hydrogen-bond acceptors (Lipinski definition) is 2. The Hall–Kier alpha value is -0.804. The van der Waals surface area contributed by atoms with Gasteiger partial charge in [-0.2, -0.15) is 0 Å². The summed E-state index contributed by atoms with van der Waals surface area (Å²) in [5, 5.41) is 0. The number of unbranched alkanes of at least 4 members (excludes halogenated alkanes) is 3. The fourth-order valence-corrected chi connectivity index (χ4v) is 19.6. The molecule has 200 valence electrons. The molecule has 1 aromatic rings. The van der Waals surface area contributed by atoms with Gasteiger partial charge in [0.15, 0.2) is 0 Å². The topological polar surface area (TPSA) is 18.5 Å². The zero-order chi connectivity index (χ0) is 26.7. The van der Waals surface area contributed by atoms with E-state index >= 15 is 0 Å². The number of benzene rings is 1. The second-order valence-corrected chi connectivity index (χ2v) is 29.8. The van der Waals surface area contributed by atoms with Crippen LogP contribution < -0.4 is 0 Å². The van der Waals surface area contributed by atoms with Crippen molar-refractivity contribution in [1.82, 2.24) is 0 Å². The second kappa shape index (κ2) is 15.0. The van der Waals surface area contributed by atoms with Crippen molar-refractivity contribution in [2.45, 2.75) is 124 Å². The molecule has 1 fully saturated rings. The molecular weight excluding hydrogens is 563 g/mol. The van der Waals surface area contributed by atoms with Gasteiger partial charge in [0.05, 0.1) is 0 Å². The van der Waals surface area contributed by atoms with Gasteiger partial charge in [-0.1, -0.05) is 0 Å². The van der Waals surface area contributed by atoms with Crippen LogP contribution in [0, 0.1) is 11.5 Å². The Morgan fingerprint density at radius 2 is 1.47 bits per heavy atom. The van der Waals surface area contributed by atoms with Gasteiger partial charge in [0.2, 0.25) is 0 Å². The van der Waals surface area contributed by atoms with E-state index in [1.807, 2.05) is 13.8 Å². The Morgan fingerprint density at radius 1 is 0.889 bits per heavy atom. The van der Waals surface area contributed by atoms with Crippen LogP contribution in [0.25, 0.3) is 6.08 Å². The maximum atomic E-state index is 6.40. The van der Waals surface area contributed by atoms with E-state index in [0.29, 0.717) is 0 Å². The van der Waals surface area contributed by atoms with Crippen molar-refractivity contribution in [1.29, 1.82) is 0 Å². The molecule has 0 radical (unpaired) electrons. The van der Waals surface area contributed by atoms with Gasteiger partial charge in [-0.05, 0) is 0 Å². The molecule has 1 aliphatic heterocycles. The molecule has 0 aliphatic carbocycles. The van der Waals surface area contributed by atoms with Crippen molar-refractivity contribution in [2.24, 2.45) is 0 Å². The Kier molecular flexibility index (Phi) is 13.1. The van der Waals surface area contributed by atoms with Crippen LogP contribution >= 0.6 is 0 Å². The third-order valence-corrected chi connectivity index (χ3v) is 21.9. The molecule has 36 heavy (non-hydrogen) atoms. The van der Waals surface area contributed by atoms with Gasteiger partial charge >= 0.3 is 229 Å². The monoisotopic (exact) mass is 616 g/mol. The van der Waals surface area contributed by atoms with E-state index in [1.165, 1.54) is 63.0 Å². The summed E-state index contributed by atoms with van der Waals surface area (Å²) < 4.78 is 19.9. The van der Waals surface area contributed by atoms with Gasteiger partial charge in [-0.25, -0.2) is 0 Å². The third-order valence-electron chi connectivity index (χ3n) is 6.91. The van der Waals surface area contributed by atoms with E-state index in [2.05, 4.69) is 98.5 Å². The third kappa shape index (κ3) is 10.5. The first-order chi connectivity index (χ1) is 17.0. The van der Waals surface area contributed by atoms with Crippen molar-refractivity contribution >= 4 is 32.5 Å². The van der Waals surface area contributed by atoms with Crippen LogP contribution in [0.2, 0.25) is 33.0 Å². The van der Waals surface area contributed by atoms with E-state index in [4.69, 9.17) is 9.47 Å². The molecule has 1 heterocycles. The van der Waals surface area contributed by atoms with Crippen LogP contribution in [0.5, 0.6) is 0 Å². The van der Waals surface area contributed by atoms with Gasteiger partial charge in [-0.15, -0.1) is 0 Å². The molecule has 2 rings (SSSR count). The van der Waals surface area contributed by atoms with Crippen molar-refractivity contribution < 1.29 is 9.47 Å². The molecule has 1 saturated heterocycles. The predicted octanol–water partition coefficient (Wildman–Crippen LogP) is 9.72. The van der Waals surface area contributed by atoms with Gasteiger partial charge in [0.25, 0.3) is 0 Å². The van der Waals surface area contributed by atoms with Crippen molar-refractivity contribution in [2.75, 3.05) is 0 Å². The molecule has 0 spiro atoms. The number of allylic oxidation sites excluding steroid dienone is 2. The van der Waals surface area contributed by atoms with Crippen molar-refractivity contribution in [3.8, 4) is 11.5 Å². The summed E-state index contributed by atoms with van der Waals surface area (Å²) in [6.07, 6.45) is 14.7. The molecule has 1 aliphatic rings. The Morgan fingerprint density at radius 3 is 2.03 bits per heavy atom. The van der Waals surface area contributed by atoms with Crippen LogP contribution in [0.1, 0.15) is 90.4 Å². The molecule has 0 unspecified atom stereocenters. The molecular formula is C32H52O2SiSn. The molecule has 1 aromatic carbocycles. The van der Waals surface area contributed by atoms with Crippen LogP contribution in [0.15, 0.2) is 40.5 Å². The summed E-state index contributed by atoms with van der Waals surface area (Å²) >= 11 is -2.26. The van der Waals surface area contributed by atoms with E-state index < -0.39 is 32.2 Å². The van der Waals surface area contributed by atoms with Crippen molar-refractivity contribution in [3.63, 3.8) is 0 Å². The molecule has 0 saturated carbocycles. The Labute approximate surface area is 228 Å². The minimum absolute atomic E-state index is 0.175. The van der Waals surface area contributed by atoms with E-state index in [9.17, 15) is 0 Å². The average molecular weight is 616 g/mol. The molecule has 2 nitrogen and oxygen atoms in total. The van der Waals surface area contributed by atoms with Gasteiger partial charge in [0.1, 0.15) is 0 Å². The number of rotatable bonds is 13. The van der Waals surface area contributed by atoms with E-state index in [0.717, 1.165) is 0 Å². The van der Waals surface area contributed by atoms with Crippen LogP contribution in [0.4, 0.5) is 0 Å². The SMILES string of the molecule is CCC[CH2][Sn](/[CH]=C/C=C/c1ccccc1[C@H]1OC(C)(C)O[C@@H]1C#C[Si](C)(C)C)([CH2]CCC)[CH2]CCC. The maximum absolute atomic E-state index is 6.40. The fraction of sp³-hybridized carbons (Fsp3) is 0.625. The second-order valence-electron chi connectivity index (χ2n) is 12.0. The number of ether oxygens (including phenoxy) is 2. The van der Waals surface area contributed by atoms with Gasteiger partial charge < -0.3 is 0 Å². The summed E-state index contributed by atoms with van der Waals surface area (Å²) in [5.74, 6) is 2.80. The summed E-state index contributed by atoms with van der Waals surface area (Å²) in [5.41, 5.74) is 5.87. The minimum atomic E-state index is -2.26. The standard InChI is InChI=1S/C20H25O2Si.3C4H9.Sn/c1-7-8-11-16-12-9-10-13-17(16)19-18(14-15-23(4,5)6)21-20(2,3)22-19;3*1-3-4-2;/h1,7-13,18-19H,2-6H3;3*1,3-4H2,2H3;/b7-1?,11-8+;;;;/t18-,19-;;;;/m1..../s1. The summed E-state index contributed by atoms with van der Waals surface area (Å²) in [6, 6.07) is 8.58. The predicted molar refractivity (Wildman–Crippen MR) is 163 cm³/mol. The Bertz CT molecular complexity index is 894. The van der Waals surface area contributed by atoms with E-state index in [1.54, 1.807) is 0 Å². The quantitative estimate of drug-likeness (QED) is 0.125. The molecule has 0 bridgehead atoms. The van der Waals surface area contributed by atoms with E-state index in [-0.39, 0.29) is 12.2 Å².